The molecular weight excluding hydrogens is 218 g/mol. The molecule has 3 rings (SSSR count). The van der Waals surface area contributed by atoms with Crippen LogP contribution in [0.3, 0.4) is 0 Å². The van der Waals surface area contributed by atoms with Gasteiger partial charge in [0.1, 0.15) is 11.6 Å². The van der Waals surface area contributed by atoms with Crippen molar-refractivity contribution in [1.29, 1.82) is 0 Å². The van der Waals surface area contributed by atoms with E-state index in [0.29, 0.717) is 0 Å². The fourth-order valence-corrected chi connectivity index (χ4v) is 2.24. The van der Waals surface area contributed by atoms with Crippen LogP contribution in [0.5, 0.6) is 5.75 Å². The number of rotatable bonds is 2. The molecule has 0 amide bonds. The number of aromatic hydroxyl groups is 1. The maximum absolute atomic E-state index is 9.47. The Balaban J connectivity index is 1.86. The Morgan fingerprint density at radius 3 is 3.12 bits per heavy atom. The van der Waals surface area contributed by atoms with E-state index < -0.39 is 0 Å². The molecule has 0 bridgehead atoms. The molecule has 1 atom stereocenters. The predicted octanol–water partition coefficient (Wildman–Crippen LogP) is 1.55. The number of pyridine rings is 1. The largest absolute Gasteiger partial charge is 0.506 e. The van der Waals surface area contributed by atoms with Crippen LogP contribution in [0, 0.1) is 0 Å². The lowest BCUT2D eigenvalue weighted by atomic mass is 10.1. The maximum Gasteiger partial charge on any atom is 0.161 e. The molecule has 90 valence electrons. The van der Waals surface area contributed by atoms with Crippen molar-refractivity contribution < 1.29 is 9.84 Å². The van der Waals surface area contributed by atoms with Crippen molar-refractivity contribution in [3.8, 4) is 5.75 Å². The lowest BCUT2D eigenvalue weighted by Crippen LogP contribution is -2.22. The van der Waals surface area contributed by atoms with E-state index in [-0.39, 0.29) is 11.9 Å². The van der Waals surface area contributed by atoms with E-state index in [0.717, 1.165) is 37.3 Å². The third-order valence-corrected chi connectivity index (χ3v) is 3.14. The SMILES string of the molecule is Oc1ccc2nnc(CC3CCCCO3)n2c1. The zero-order chi connectivity index (χ0) is 11.7. The summed E-state index contributed by atoms with van der Waals surface area (Å²) < 4.78 is 7.51. The van der Waals surface area contributed by atoms with E-state index in [1.807, 2.05) is 4.40 Å². The van der Waals surface area contributed by atoms with E-state index in [4.69, 9.17) is 4.74 Å². The van der Waals surface area contributed by atoms with Crippen LogP contribution in [0.4, 0.5) is 0 Å². The van der Waals surface area contributed by atoms with E-state index in [2.05, 4.69) is 10.2 Å². The zero-order valence-corrected chi connectivity index (χ0v) is 9.54. The third-order valence-electron chi connectivity index (χ3n) is 3.14. The molecule has 17 heavy (non-hydrogen) atoms. The van der Waals surface area contributed by atoms with Crippen LogP contribution >= 0.6 is 0 Å². The van der Waals surface area contributed by atoms with Gasteiger partial charge in [-0.2, -0.15) is 0 Å². The standard InChI is InChI=1S/C12H15N3O2/c16-9-4-5-11-13-14-12(15(11)8-9)7-10-3-1-2-6-17-10/h4-5,8,10,16H,1-3,6-7H2. The molecule has 0 aromatic carbocycles. The highest BCUT2D eigenvalue weighted by atomic mass is 16.5. The predicted molar refractivity (Wildman–Crippen MR) is 61.9 cm³/mol. The summed E-state index contributed by atoms with van der Waals surface area (Å²) in [7, 11) is 0. The van der Waals surface area contributed by atoms with Gasteiger partial charge in [-0.3, -0.25) is 4.40 Å². The molecule has 1 saturated heterocycles. The van der Waals surface area contributed by atoms with Gasteiger partial charge in [-0.05, 0) is 31.4 Å². The van der Waals surface area contributed by atoms with Gasteiger partial charge < -0.3 is 9.84 Å². The Morgan fingerprint density at radius 1 is 1.35 bits per heavy atom. The first-order chi connectivity index (χ1) is 8.33. The van der Waals surface area contributed by atoms with Gasteiger partial charge in [0.2, 0.25) is 0 Å². The molecule has 1 aliphatic rings. The van der Waals surface area contributed by atoms with Crippen LogP contribution < -0.4 is 0 Å². The average molecular weight is 233 g/mol. The molecular formula is C12H15N3O2. The Bertz CT molecular complexity index is 517. The van der Waals surface area contributed by atoms with E-state index in [9.17, 15) is 5.11 Å². The second-order valence-corrected chi connectivity index (χ2v) is 4.42. The molecule has 0 radical (unpaired) electrons. The summed E-state index contributed by atoms with van der Waals surface area (Å²) in [6, 6.07) is 3.37. The smallest absolute Gasteiger partial charge is 0.161 e. The van der Waals surface area contributed by atoms with Gasteiger partial charge in [0, 0.05) is 13.0 Å². The molecule has 1 N–H and O–H groups in total. The summed E-state index contributed by atoms with van der Waals surface area (Å²) in [5.41, 5.74) is 0.758. The Labute approximate surface area is 99.0 Å². The first-order valence-electron chi connectivity index (χ1n) is 5.97. The van der Waals surface area contributed by atoms with Crippen LogP contribution in [0.1, 0.15) is 25.1 Å². The van der Waals surface area contributed by atoms with Crippen LogP contribution in [0.2, 0.25) is 0 Å². The average Bonchev–Trinajstić information content (AvgIpc) is 2.73. The summed E-state index contributed by atoms with van der Waals surface area (Å²) in [5, 5.41) is 17.7. The highest BCUT2D eigenvalue weighted by molar-refractivity contribution is 5.41. The van der Waals surface area contributed by atoms with Gasteiger partial charge >= 0.3 is 0 Å². The van der Waals surface area contributed by atoms with Crippen LogP contribution in [0.15, 0.2) is 18.3 Å². The minimum absolute atomic E-state index is 0.225. The summed E-state index contributed by atoms with van der Waals surface area (Å²) >= 11 is 0. The number of hydrogen-bond acceptors (Lipinski definition) is 4. The van der Waals surface area contributed by atoms with E-state index in [1.165, 1.54) is 6.42 Å². The molecule has 5 nitrogen and oxygen atoms in total. The number of ether oxygens (including phenoxy) is 1. The number of fused-ring (bicyclic) bond motifs is 1. The zero-order valence-electron chi connectivity index (χ0n) is 9.54. The molecule has 5 heteroatoms. The molecule has 0 saturated carbocycles. The van der Waals surface area contributed by atoms with Crippen molar-refractivity contribution in [2.75, 3.05) is 6.61 Å². The van der Waals surface area contributed by atoms with Crippen LogP contribution in [0.25, 0.3) is 5.65 Å². The number of aromatic nitrogens is 3. The second kappa shape index (κ2) is 4.33. The molecule has 0 spiro atoms. The molecule has 2 aromatic heterocycles. The second-order valence-electron chi connectivity index (χ2n) is 4.42. The monoisotopic (exact) mass is 233 g/mol. The third kappa shape index (κ3) is 2.10. The van der Waals surface area contributed by atoms with Gasteiger partial charge in [0.25, 0.3) is 0 Å². The van der Waals surface area contributed by atoms with E-state index in [1.54, 1.807) is 18.3 Å². The minimum Gasteiger partial charge on any atom is -0.506 e. The van der Waals surface area contributed by atoms with Gasteiger partial charge in [-0.1, -0.05) is 0 Å². The van der Waals surface area contributed by atoms with Crippen molar-refractivity contribution in [3.63, 3.8) is 0 Å². The molecule has 1 fully saturated rings. The van der Waals surface area contributed by atoms with Crippen LogP contribution in [-0.4, -0.2) is 32.4 Å². The van der Waals surface area contributed by atoms with Crippen LogP contribution in [-0.2, 0) is 11.2 Å². The van der Waals surface area contributed by atoms with Crippen molar-refractivity contribution in [1.82, 2.24) is 14.6 Å². The van der Waals surface area contributed by atoms with E-state index >= 15 is 0 Å². The maximum atomic E-state index is 9.47. The first kappa shape index (κ1) is 10.5. The quantitative estimate of drug-likeness (QED) is 0.854. The number of hydrogen-bond donors (Lipinski definition) is 1. The Morgan fingerprint density at radius 2 is 2.29 bits per heavy atom. The van der Waals surface area contributed by atoms with Gasteiger partial charge in [-0.15, -0.1) is 10.2 Å². The topological polar surface area (TPSA) is 59.7 Å². The highest BCUT2D eigenvalue weighted by Gasteiger charge is 2.17. The van der Waals surface area contributed by atoms with Gasteiger partial charge in [0.15, 0.2) is 5.65 Å². The van der Waals surface area contributed by atoms with Gasteiger partial charge in [-0.25, -0.2) is 0 Å². The van der Waals surface area contributed by atoms with Crippen molar-refractivity contribution in [2.24, 2.45) is 0 Å². The summed E-state index contributed by atoms with van der Waals surface area (Å²) in [6.45, 7) is 0.840. The molecule has 0 aliphatic carbocycles. The van der Waals surface area contributed by atoms with Crippen molar-refractivity contribution in [3.05, 3.63) is 24.2 Å². The fourth-order valence-electron chi connectivity index (χ4n) is 2.24. The molecule has 1 aliphatic heterocycles. The summed E-state index contributed by atoms with van der Waals surface area (Å²) in [5.74, 6) is 1.07. The molecule has 3 heterocycles. The van der Waals surface area contributed by atoms with Gasteiger partial charge in [0.05, 0.1) is 12.3 Å². The normalized spacial score (nSPS) is 20.8. The Kier molecular flexibility index (Phi) is 2.68. The Hall–Kier alpha value is -1.62. The number of nitrogens with zero attached hydrogens (tertiary/aromatic N) is 3. The molecule has 1 unspecified atom stereocenters. The lowest BCUT2D eigenvalue weighted by molar-refractivity contribution is 0.0155. The minimum atomic E-state index is 0.225. The molecule has 2 aromatic rings. The first-order valence-corrected chi connectivity index (χ1v) is 5.97. The summed E-state index contributed by atoms with van der Waals surface area (Å²) in [4.78, 5) is 0. The highest BCUT2D eigenvalue weighted by Crippen LogP contribution is 2.18. The van der Waals surface area contributed by atoms with Crippen molar-refractivity contribution >= 4 is 5.65 Å². The lowest BCUT2D eigenvalue weighted by Gasteiger charge is -2.21. The fraction of sp³-hybridized carbons (Fsp3) is 0.500. The van der Waals surface area contributed by atoms with Crippen molar-refractivity contribution in [2.45, 2.75) is 31.8 Å². The summed E-state index contributed by atoms with van der Waals surface area (Å²) in [6.07, 6.45) is 6.08.